The standard InChI is InChI=1S/C6H14N4O/c1-3-4-5-10-6(11)7-9(2)8-10/h8H,3-5H2,1-2H3,(H,7,11). The van der Waals surface area contributed by atoms with E-state index in [-0.39, 0.29) is 6.03 Å². The number of carbonyl (C=O) groups excluding carboxylic acids is 1. The van der Waals surface area contributed by atoms with Crippen molar-refractivity contribution in [3.8, 4) is 0 Å². The minimum absolute atomic E-state index is 0.0825. The predicted octanol–water partition coefficient (Wildman–Crippen LogP) is 0.0781. The average molecular weight is 158 g/mol. The van der Waals surface area contributed by atoms with Crippen molar-refractivity contribution in [3.63, 3.8) is 0 Å². The fourth-order valence-electron chi connectivity index (χ4n) is 0.923. The average Bonchev–Trinajstić information content (AvgIpc) is 2.26. The fraction of sp³-hybridized carbons (Fsp3) is 0.833. The van der Waals surface area contributed by atoms with Crippen LogP contribution in [0.15, 0.2) is 0 Å². The van der Waals surface area contributed by atoms with Crippen molar-refractivity contribution in [1.82, 2.24) is 21.1 Å². The van der Waals surface area contributed by atoms with E-state index in [1.807, 2.05) is 0 Å². The van der Waals surface area contributed by atoms with Gasteiger partial charge in [-0.2, -0.15) is 0 Å². The summed E-state index contributed by atoms with van der Waals surface area (Å²) in [7, 11) is 1.75. The molecular formula is C6H14N4O. The number of urea groups is 1. The SMILES string of the molecule is CCCCN1NN(C)NC1=O. The van der Waals surface area contributed by atoms with Crippen LogP contribution in [0.5, 0.6) is 0 Å². The van der Waals surface area contributed by atoms with Crippen molar-refractivity contribution in [2.45, 2.75) is 19.8 Å². The fourth-order valence-corrected chi connectivity index (χ4v) is 0.923. The Morgan fingerprint density at radius 3 is 2.73 bits per heavy atom. The predicted molar refractivity (Wildman–Crippen MR) is 41.0 cm³/mol. The van der Waals surface area contributed by atoms with E-state index in [0.717, 1.165) is 19.4 Å². The molecule has 0 aliphatic carbocycles. The number of hydrazine groups is 3. The number of hydrogen-bond acceptors (Lipinski definition) is 3. The topological polar surface area (TPSA) is 47.6 Å². The normalized spacial score (nSPS) is 19.1. The van der Waals surface area contributed by atoms with E-state index in [1.54, 1.807) is 12.1 Å². The van der Waals surface area contributed by atoms with Gasteiger partial charge in [-0.25, -0.2) is 9.80 Å². The van der Waals surface area contributed by atoms with E-state index in [9.17, 15) is 4.79 Å². The maximum atomic E-state index is 11.0. The molecule has 1 aliphatic heterocycles. The Kier molecular flexibility index (Phi) is 2.67. The summed E-state index contributed by atoms with van der Waals surface area (Å²) in [6.45, 7) is 2.85. The number of nitrogens with one attached hydrogen (secondary N) is 2. The third-order valence-electron chi connectivity index (χ3n) is 1.51. The summed E-state index contributed by atoms with van der Waals surface area (Å²) in [5.41, 5.74) is 5.43. The Labute approximate surface area is 66.2 Å². The summed E-state index contributed by atoms with van der Waals surface area (Å²) in [6.07, 6.45) is 2.11. The van der Waals surface area contributed by atoms with Gasteiger partial charge in [0.1, 0.15) is 0 Å². The van der Waals surface area contributed by atoms with E-state index < -0.39 is 0 Å². The summed E-state index contributed by atoms with van der Waals surface area (Å²) < 4.78 is 0. The van der Waals surface area contributed by atoms with Gasteiger partial charge in [0, 0.05) is 13.6 Å². The van der Waals surface area contributed by atoms with Crippen molar-refractivity contribution in [2.75, 3.05) is 13.6 Å². The van der Waals surface area contributed by atoms with Crippen molar-refractivity contribution in [2.24, 2.45) is 0 Å². The van der Waals surface area contributed by atoms with E-state index in [4.69, 9.17) is 0 Å². The summed E-state index contributed by atoms with van der Waals surface area (Å²) in [5, 5.41) is 3.10. The summed E-state index contributed by atoms with van der Waals surface area (Å²) in [4.78, 5) is 11.0. The van der Waals surface area contributed by atoms with Gasteiger partial charge in [0.05, 0.1) is 0 Å². The van der Waals surface area contributed by atoms with Crippen molar-refractivity contribution in [3.05, 3.63) is 0 Å². The van der Waals surface area contributed by atoms with E-state index in [0.29, 0.717) is 0 Å². The first kappa shape index (κ1) is 8.29. The van der Waals surface area contributed by atoms with Gasteiger partial charge >= 0.3 is 6.03 Å². The molecule has 2 amide bonds. The molecule has 0 atom stereocenters. The number of nitrogens with zero attached hydrogens (tertiary/aromatic N) is 2. The lowest BCUT2D eigenvalue weighted by Gasteiger charge is -2.13. The van der Waals surface area contributed by atoms with Gasteiger partial charge in [-0.05, 0) is 6.42 Å². The third-order valence-corrected chi connectivity index (χ3v) is 1.51. The van der Waals surface area contributed by atoms with Crippen LogP contribution in [0.1, 0.15) is 19.8 Å². The molecule has 5 heteroatoms. The van der Waals surface area contributed by atoms with Gasteiger partial charge in [-0.1, -0.05) is 13.3 Å². The second-order valence-electron chi connectivity index (χ2n) is 2.58. The van der Waals surface area contributed by atoms with Crippen molar-refractivity contribution < 1.29 is 4.79 Å². The molecule has 0 unspecified atom stereocenters. The van der Waals surface area contributed by atoms with Gasteiger partial charge < -0.3 is 0 Å². The molecule has 1 saturated heterocycles. The second-order valence-corrected chi connectivity index (χ2v) is 2.58. The molecule has 64 valence electrons. The summed E-state index contributed by atoms with van der Waals surface area (Å²) in [6, 6.07) is -0.0825. The molecule has 0 aromatic rings. The lowest BCUT2D eigenvalue weighted by Crippen LogP contribution is -2.39. The third kappa shape index (κ3) is 2.06. The van der Waals surface area contributed by atoms with Crippen LogP contribution in [0, 0.1) is 0 Å². The molecule has 5 nitrogen and oxygen atoms in total. The zero-order valence-corrected chi connectivity index (χ0v) is 6.92. The Hall–Kier alpha value is -0.810. The van der Waals surface area contributed by atoms with Gasteiger partial charge in [0.2, 0.25) is 0 Å². The molecule has 1 aliphatic rings. The van der Waals surface area contributed by atoms with Crippen molar-refractivity contribution in [1.29, 1.82) is 0 Å². The van der Waals surface area contributed by atoms with Crippen LogP contribution in [0.2, 0.25) is 0 Å². The smallest absolute Gasteiger partial charge is 0.254 e. The van der Waals surface area contributed by atoms with Crippen LogP contribution in [-0.2, 0) is 0 Å². The highest BCUT2D eigenvalue weighted by atomic mass is 16.2. The van der Waals surface area contributed by atoms with Crippen LogP contribution in [0.25, 0.3) is 0 Å². The molecule has 2 N–H and O–H groups in total. The number of carbonyl (C=O) groups is 1. The number of hydrogen-bond donors (Lipinski definition) is 2. The number of amides is 2. The van der Waals surface area contributed by atoms with Crippen LogP contribution in [-0.4, -0.2) is 29.8 Å². The quantitative estimate of drug-likeness (QED) is 0.611. The maximum absolute atomic E-state index is 11.0. The lowest BCUT2D eigenvalue weighted by atomic mass is 10.3. The van der Waals surface area contributed by atoms with Gasteiger partial charge in [-0.15, -0.1) is 10.7 Å². The van der Waals surface area contributed by atoms with Crippen LogP contribution in [0.3, 0.4) is 0 Å². The molecule has 0 saturated carbocycles. The lowest BCUT2D eigenvalue weighted by molar-refractivity contribution is 0.130. The molecule has 1 fully saturated rings. The maximum Gasteiger partial charge on any atom is 0.348 e. The largest absolute Gasteiger partial charge is 0.348 e. The minimum Gasteiger partial charge on any atom is -0.254 e. The molecule has 1 rings (SSSR count). The molecular weight excluding hydrogens is 144 g/mol. The van der Waals surface area contributed by atoms with Crippen LogP contribution < -0.4 is 11.0 Å². The number of rotatable bonds is 3. The monoisotopic (exact) mass is 158 g/mol. The van der Waals surface area contributed by atoms with Gasteiger partial charge in [0.15, 0.2) is 0 Å². The number of unbranched alkanes of at least 4 members (excludes halogenated alkanes) is 1. The van der Waals surface area contributed by atoms with Gasteiger partial charge in [0.25, 0.3) is 0 Å². The highest BCUT2D eigenvalue weighted by Crippen LogP contribution is 1.96. The molecule has 0 aromatic carbocycles. The molecule has 0 spiro atoms. The first-order valence-corrected chi connectivity index (χ1v) is 3.82. The first-order valence-electron chi connectivity index (χ1n) is 3.82. The summed E-state index contributed by atoms with van der Waals surface area (Å²) in [5.74, 6) is 0. The minimum atomic E-state index is -0.0825. The highest BCUT2D eigenvalue weighted by Gasteiger charge is 2.22. The van der Waals surface area contributed by atoms with Crippen LogP contribution in [0.4, 0.5) is 4.79 Å². The first-order chi connectivity index (χ1) is 5.24. The Morgan fingerprint density at radius 1 is 1.55 bits per heavy atom. The molecule has 0 radical (unpaired) electrons. The molecule has 1 heterocycles. The zero-order chi connectivity index (χ0) is 8.27. The van der Waals surface area contributed by atoms with E-state index in [2.05, 4.69) is 17.9 Å². The van der Waals surface area contributed by atoms with Crippen LogP contribution >= 0.6 is 0 Å². The zero-order valence-electron chi connectivity index (χ0n) is 6.92. The van der Waals surface area contributed by atoms with Crippen molar-refractivity contribution >= 4 is 6.03 Å². The van der Waals surface area contributed by atoms with Gasteiger partial charge in [-0.3, -0.25) is 5.43 Å². The Morgan fingerprint density at radius 2 is 2.27 bits per heavy atom. The second kappa shape index (κ2) is 3.54. The molecule has 11 heavy (non-hydrogen) atoms. The summed E-state index contributed by atoms with van der Waals surface area (Å²) >= 11 is 0. The van der Waals surface area contributed by atoms with E-state index in [1.165, 1.54) is 5.12 Å². The molecule has 0 bridgehead atoms. The van der Waals surface area contributed by atoms with E-state index >= 15 is 0 Å². The Balaban J connectivity index is 2.29. The highest BCUT2D eigenvalue weighted by molar-refractivity contribution is 5.74. The Bertz CT molecular complexity index is 150. The molecule has 0 aromatic heterocycles.